The summed E-state index contributed by atoms with van der Waals surface area (Å²) in [5.41, 5.74) is 0.248. The molecule has 1 amide bonds. The molecule has 1 aromatic rings. The van der Waals surface area contributed by atoms with Crippen molar-refractivity contribution in [3.8, 4) is 5.88 Å². The molecular weight excluding hydrogens is 318 g/mol. The van der Waals surface area contributed by atoms with Gasteiger partial charge >= 0.3 is 0 Å². The summed E-state index contributed by atoms with van der Waals surface area (Å²) in [7, 11) is 1.42. The van der Waals surface area contributed by atoms with Gasteiger partial charge in [0.05, 0.1) is 13.2 Å². The van der Waals surface area contributed by atoms with Gasteiger partial charge in [-0.2, -0.15) is 4.98 Å². The Morgan fingerprint density at radius 1 is 1.39 bits per heavy atom. The molecule has 5 radical (unpaired) electrons. The van der Waals surface area contributed by atoms with Crippen LogP contribution in [0.2, 0.25) is 5.28 Å². The van der Waals surface area contributed by atoms with E-state index in [1.165, 1.54) is 13.3 Å². The summed E-state index contributed by atoms with van der Waals surface area (Å²) in [5, 5.41) is 12.7. The number of rotatable bonds is 3. The molecule has 1 saturated carbocycles. The Morgan fingerprint density at radius 2 is 2.13 bits per heavy atom. The minimum absolute atomic E-state index is 0. The summed E-state index contributed by atoms with van der Waals surface area (Å²) >= 11 is 5.68. The third-order valence-corrected chi connectivity index (χ3v) is 3.66. The van der Waals surface area contributed by atoms with Gasteiger partial charge in [-0.3, -0.25) is 4.79 Å². The molecule has 1 fully saturated rings. The molecule has 2 N–H and O–H groups in total. The van der Waals surface area contributed by atoms with Crippen LogP contribution in [0.3, 0.4) is 0 Å². The van der Waals surface area contributed by atoms with Crippen LogP contribution in [-0.2, 0) is 0 Å². The van der Waals surface area contributed by atoms with Gasteiger partial charge in [-0.1, -0.05) is 21.3 Å². The number of halogens is 1. The largest absolute Gasteiger partial charge is 0.480 e. The van der Waals surface area contributed by atoms with Crippen molar-refractivity contribution in [2.75, 3.05) is 7.11 Å². The van der Waals surface area contributed by atoms with Gasteiger partial charge in [0, 0.05) is 12.2 Å². The molecule has 6 nitrogen and oxygen atoms in total. The lowest BCUT2D eigenvalue weighted by atomic mass is 9.95. The van der Waals surface area contributed by atoms with Crippen LogP contribution < -0.4 is 10.1 Å². The first-order valence-electron chi connectivity index (χ1n) is 6.99. The van der Waals surface area contributed by atoms with Crippen LogP contribution in [-0.4, -0.2) is 40.2 Å². The molecule has 2 atom stereocenters. The van der Waals surface area contributed by atoms with Crippen LogP contribution in [0.15, 0.2) is 6.20 Å². The predicted octanol–water partition coefficient (Wildman–Crippen LogP) is 2.42. The fourth-order valence-corrected chi connectivity index (χ4v) is 2.47. The van der Waals surface area contributed by atoms with E-state index < -0.39 is 0 Å². The SMILES string of the molecule is COc1nc(Cl)ncc1C(=O)N[C@@H]1[CH]CCC[C@H](O)CC1.[CH2].[CH2]. The third-order valence-electron chi connectivity index (χ3n) is 3.48. The molecule has 1 aliphatic carbocycles. The second-order valence-electron chi connectivity index (χ2n) is 5.04. The first-order valence-corrected chi connectivity index (χ1v) is 7.36. The number of nitrogens with one attached hydrogen (secondary N) is 1. The molecule has 0 saturated heterocycles. The van der Waals surface area contributed by atoms with Crippen molar-refractivity contribution in [1.82, 2.24) is 15.3 Å². The number of hydrogen-bond acceptors (Lipinski definition) is 5. The number of amides is 1. The Morgan fingerprint density at radius 3 is 2.83 bits per heavy atom. The Bertz CT molecular complexity index is 499. The van der Waals surface area contributed by atoms with Gasteiger partial charge in [-0.15, -0.1) is 0 Å². The highest BCUT2D eigenvalue weighted by atomic mass is 35.5. The number of aliphatic hydroxyl groups excluding tert-OH is 1. The van der Waals surface area contributed by atoms with E-state index in [9.17, 15) is 9.90 Å². The first kappa shape index (κ1) is 21.6. The fourth-order valence-electron chi connectivity index (χ4n) is 2.34. The normalized spacial score (nSPS) is 21.0. The van der Waals surface area contributed by atoms with Crippen molar-refractivity contribution < 1.29 is 14.6 Å². The topological polar surface area (TPSA) is 84.3 Å². The van der Waals surface area contributed by atoms with E-state index in [0.29, 0.717) is 12.8 Å². The third kappa shape index (κ3) is 6.31. The molecule has 1 heterocycles. The maximum atomic E-state index is 12.3. The van der Waals surface area contributed by atoms with Crippen molar-refractivity contribution >= 4 is 17.5 Å². The van der Waals surface area contributed by atoms with Crippen LogP contribution >= 0.6 is 11.6 Å². The van der Waals surface area contributed by atoms with Crippen molar-refractivity contribution in [2.24, 2.45) is 0 Å². The Kier molecular flexibility index (Phi) is 9.76. The number of carbonyl (C=O) groups excluding carboxylic acids is 1. The summed E-state index contributed by atoms with van der Waals surface area (Å²) < 4.78 is 5.05. The number of ether oxygens (including phenoxy) is 1. The molecule has 0 spiro atoms. The zero-order valence-corrected chi connectivity index (χ0v) is 14.1. The van der Waals surface area contributed by atoms with Gasteiger partial charge in [0.1, 0.15) is 5.56 Å². The molecule has 2 rings (SSSR count). The van der Waals surface area contributed by atoms with Crippen LogP contribution in [0, 0.1) is 21.3 Å². The molecule has 1 aromatic heterocycles. The van der Waals surface area contributed by atoms with Crippen molar-refractivity contribution in [3.63, 3.8) is 0 Å². The summed E-state index contributed by atoms with van der Waals surface area (Å²) in [6.07, 6.45) is 7.15. The number of hydrogen-bond donors (Lipinski definition) is 2. The predicted molar refractivity (Wildman–Crippen MR) is 89.0 cm³/mol. The quantitative estimate of drug-likeness (QED) is 0.825. The summed E-state index contributed by atoms with van der Waals surface area (Å²) in [5.74, 6) is -0.154. The van der Waals surface area contributed by atoms with E-state index in [4.69, 9.17) is 16.3 Å². The average molecular weight is 341 g/mol. The van der Waals surface area contributed by atoms with Crippen molar-refractivity contribution in [3.05, 3.63) is 38.3 Å². The summed E-state index contributed by atoms with van der Waals surface area (Å²) in [4.78, 5) is 20.0. The highest BCUT2D eigenvalue weighted by Gasteiger charge is 2.21. The lowest BCUT2D eigenvalue weighted by molar-refractivity contribution is 0.0921. The number of carbonyl (C=O) groups is 1. The number of nitrogens with zero attached hydrogens (tertiary/aromatic N) is 2. The van der Waals surface area contributed by atoms with Gasteiger partial charge in [-0.25, -0.2) is 4.98 Å². The highest BCUT2D eigenvalue weighted by Crippen LogP contribution is 2.19. The van der Waals surface area contributed by atoms with E-state index in [-0.39, 0.29) is 49.6 Å². The smallest absolute Gasteiger partial charge is 0.258 e. The number of aliphatic hydroxyl groups is 1. The second kappa shape index (κ2) is 10.4. The zero-order chi connectivity index (χ0) is 15.2. The molecule has 0 aromatic carbocycles. The number of methoxy groups -OCH3 is 1. The highest BCUT2D eigenvalue weighted by molar-refractivity contribution is 6.28. The van der Waals surface area contributed by atoms with E-state index in [1.54, 1.807) is 0 Å². The first-order chi connectivity index (χ1) is 10.1. The van der Waals surface area contributed by atoms with E-state index in [2.05, 4.69) is 21.7 Å². The Hall–Kier alpha value is -1.40. The monoisotopic (exact) mass is 340 g/mol. The van der Waals surface area contributed by atoms with Gasteiger partial charge in [0.2, 0.25) is 11.2 Å². The molecule has 0 aliphatic heterocycles. The van der Waals surface area contributed by atoms with Crippen LogP contribution in [0.5, 0.6) is 5.88 Å². The molecule has 0 bridgehead atoms. The number of aromatic nitrogens is 2. The fraction of sp³-hybridized carbons (Fsp3) is 0.500. The van der Waals surface area contributed by atoms with Gasteiger partial charge < -0.3 is 15.2 Å². The standard InChI is InChI=1S/C14H19ClN3O3.2CH2/c1-21-13-11(8-16-14(15)18-13)12(20)17-9-4-2-3-5-10(19)7-6-9;;/h4,8-10,19H,2-3,5-7H2,1H3,(H,17,20);2*1H2/t9-,10+;;/m1../s1. The molecular formula is C16H23ClN3O3. The minimum atomic E-state index is -0.306. The summed E-state index contributed by atoms with van der Waals surface area (Å²) in [6.45, 7) is 0. The van der Waals surface area contributed by atoms with Crippen LogP contribution in [0.1, 0.15) is 42.5 Å². The maximum Gasteiger partial charge on any atom is 0.258 e. The molecule has 7 heteroatoms. The second-order valence-corrected chi connectivity index (χ2v) is 5.38. The Labute approximate surface area is 143 Å². The lowest BCUT2D eigenvalue weighted by Crippen LogP contribution is -2.37. The average Bonchev–Trinajstić information content (AvgIpc) is 2.46. The Balaban J connectivity index is 0.00000242. The van der Waals surface area contributed by atoms with Crippen LogP contribution in [0.4, 0.5) is 0 Å². The van der Waals surface area contributed by atoms with Gasteiger partial charge in [0.25, 0.3) is 5.91 Å². The van der Waals surface area contributed by atoms with Gasteiger partial charge in [-0.05, 0) is 43.7 Å². The zero-order valence-electron chi connectivity index (χ0n) is 13.3. The molecule has 127 valence electrons. The lowest BCUT2D eigenvalue weighted by Gasteiger charge is -2.23. The van der Waals surface area contributed by atoms with E-state index >= 15 is 0 Å². The van der Waals surface area contributed by atoms with E-state index in [0.717, 1.165) is 19.3 Å². The summed E-state index contributed by atoms with van der Waals surface area (Å²) in [6, 6.07) is -0.0761. The minimum Gasteiger partial charge on any atom is -0.480 e. The van der Waals surface area contributed by atoms with E-state index in [1.807, 2.05) is 0 Å². The maximum absolute atomic E-state index is 12.3. The van der Waals surface area contributed by atoms with Crippen molar-refractivity contribution in [2.45, 2.75) is 44.2 Å². The van der Waals surface area contributed by atoms with Crippen molar-refractivity contribution in [1.29, 1.82) is 0 Å². The van der Waals surface area contributed by atoms with Gasteiger partial charge in [0.15, 0.2) is 0 Å². The molecule has 0 unspecified atom stereocenters. The van der Waals surface area contributed by atoms with Crippen LogP contribution in [0.25, 0.3) is 0 Å². The molecule has 1 aliphatic rings. The molecule has 23 heavy (non-hydrogen) atoms.